The lowest BCUT2D eigenvalue weighted by atomic mass is 10.2. The van der Waals surface area contributed by atoms with Crippen LogP contribution in [0.1, 0.15) is 30.4 Å². The Morgan fingerprint density at radius 3 is 3.24 bits per heavy atom. The summed E-state index contributed by atoms with van der Waals surface area (Å²) in [5.74, 6) is 0.771. The summed E-state index contributed by atoms with van der Waals surface area (Å²) in [6, 6.07) is 0.0182. The van der Waals surface area contributed by atoms with Crippen molar-refractivity contribution in [1.29, 1.82) is 0 Å². The summed E-state index contributed by atoms with van der Waals surface area (Å²) in [5.41, 5.74) is 0.991. The Kier molecular flexibility index (Phi) is 3.41. The Morgan fingerprint density at radius 1 is 1.76 bits per heavy atom. The maximum atomic E-state index is 11.9. The number of aryl methyl sites for hydroxylation is 1. The minimum atomic E-state index is -0.0614. The van der Waals surface area contributed by atoms with E-state index in [1.807, 2.05) is 6.92 Å². The molecule has 1 aromatic heterocycles. The molecule has 1 aliphatic heterocycles. The van der Waals surface area contributed by atoms with E-state index in [0.717, 1.165) is 30.9 Å². The fourth-order valence-corrected chi connectivity index (χ4v) is 2.18. The van der Waals surface area contributed by atoms with Crippen molar-refractivity contribution in [2.45, 2.75) is 25.8 Å². The summed E-state index contributed by atoms with van der Waals surface area (Å²) in [7, 11) is 0. The highest BCUT2D eigenvalue weighted by molar-refractivity contribution is 5.80. The second-order valence-electron chi connectivity index (χ2n) is 4.20. The lowest BCUT2D eigenvalue weighted by Gasteiger charge is -2.22. The predicted octanol–water partition coefficient (Wildman–Crippen LogP) is 0.128. The molecule has 1 aromatic rings. The molecule has 6 nitrogen and oxygen atoms in total. The van der Waals surface area contributed by atoms with Crippen LogP contribution in [0.2, 0.25) is 0 Å². The highest BCUT2D eigenvalue weighted by atomic mass is 16.2. The summed E-state index contributed by atoms with van der Waals surface area (Å²) in [4.78, 5) is 31.2. The van der Waals surface area contributed by atoms with Crippen molar-refractivity contribution in [1.82, 2.24) is 20.2 Å². The predicted molar refractivity (Wildman–Crippen MR) is 61.1 cm³/mol. The van der Waals surface area contributed by atoms with Crippen LogP contribution in [0.15, 0.2) is 6.20 Å². The average Bonchev–Trinajstić information content (AvgIpc) is 2.93. The molecule has 0 radical (unpaired) electrons. The number of amides is 2. The number of nitrogens with zero attached hydrogens (tertiary/aromatic N) is 2. The van der Waals surface area contributed by atoms with Crippen molar-refractivity contribution >= 4 is 12.3 Å². The first-order valence-electron chi connectivity index (χ1n) is 5.70. The third kappa shape index (κ3) is 2.46. The van der Waals surface area contributed by atoms with Crippen LogP contribution in [0.5, 0.6) is 0 Å². The lowest BCUT2D eigenvalue weighted by Crippen LogP contribution is -2.37. The number of hydrogen-bond donors (Lipinski definition) is 2. The molecule has 6 heteroatoms. The Bertz CT molecular complexity index is 415. The second kappa shape index (κ2) is 4.99. The van der Waals surface area contributed by atoms with E-state index in [2.05, 4.69) is 15.3 Å². The highest BCUT2D eigenvalue weighted by Gasteiger charge is 2.31. The van der Waals surface area contributed by atoms with Crippen LogP contribution in [0.4, 0.5) is 0 Å². The molecular weight excluding hydrogens is 220 g/mol. The summed E-state index contributed by atoms with van der Waals surface area (Å²) in [6.07, 6.45) is 4.19. The number of hydrogen-bond acceptors (Lipinski definition) is 3. The van der Waals surface area contributed by atoms with Crippen molar-refractivity contribution in [3.8, 4) is 0 Å². The van der Waals surface area contributed by atoms with Gasteiger partial charge in [0.15, 0.2) is 0 Å². The van der Waals surface area contributed by atoms with Crippen molar-refractivity contribution in [2.24, 2.45) is 0 Å². The van der Waals surface area contributed by atoms with E-state index >= 15 is 0 Å². The molecule has 92 valence electrons. The van der Waals surface area contributed by atoms with Crippen molar-refractivity contribution in [3.63, 3.8) is 0 Å². The molecular formula is C11H16N4O2. The number of aromatic nitrogens is 2. The van der Waals surface area contributed by atoms with Crippen molar-refractivity contribution < 1.29 is 9.59 Å². The number of H-pyrrole nitrogens is 1. The number of carbonyl (C=O) groups excluding carboxylic acids is 2. The van der Waals surface area contributed by atoms with Gasteiger partial charge in [-0.05, 0) is 19.8 Å². The Balaban J connectivity index is 2.06. The normalized spacial score (nSPS) is 19.4. The Labute approximate surface area is 99.4 Å². The molecule has 0 unspecified atom stereocenters. The Hall–Kier alpha value is -1.85. The molecule has 0 saturated carbocycles. The summed E-state index contributed by atoms with van der Waals surface area (Å²) < 4.78 is 0. The van der Waals surface area contributed by atoms with Gasteiger partial charge in [0.1, 0.15) is 5.82 Å². The smallest absolute Gasteiger partial charge is 0.242 e. The van der Waals surface area contributed by atoms with Gasteiger partial charge in [0.05, 0.1) is 12.6 Å². The van der Waals surface area contributed by atoms with Gasteiger partial charge in [0.2, 0.25) is 12.3 Å². The molecule has 1 saturated heterocycles. The third-order valence-corrected chi connectivity index (χ3v) is 2.95. The van der Waals surface area contributed by atoms with E-state index in [-0.39, 0.29) is 18.5 Å². The molecule has 17 heavy (non-hydrogen) atoms. The first kappa shape index (κ1) is 11.6. The fourth-order valence-electron chi connectivity index (χ4n) is 2.18. The molecule has 2 rings (SSSR count). The number of carbonyl (C=O) groups is 2. The summed E-state index contributed by atoms with van der Waals surface area (Å²) >= 11 is 0. The van der Waals surface area contributed by atoms with Crippen molar-refractivity contribution in [2.75, 3.05) is 13.1 Å². The number of aromatic amines is 1. The molecule has 0 aliphatic carbocycles. The fraction of sp³-hybridized carbons (Fsp3) is 0.545. The largest absolute Gasteiger partial charge is 0.350 e. The Morgan fingerprint density at radius 2 is 2.59 bits per heavy atom. The first-order valence-corrected chi connectivity index (χ1v) is 5.70. The molecule has 1 aliphatic rings. The zero-order valence-electron chi connectivity index (χ0n) is 9.77. The standard InChI is InChI=1S/C11H16N4O2/c1-8-5-13-11(14-8)9-3-2-4-15(9)10(17)6-12-7-16/h5,7,9H,2-4,6H2,1H3,(H,12,16)(H,13,14)/t9-/m0/s1. The van der Waals surface area contributed by atoms with E-state index in [0.29, 0.717) is 6.41 Å². The van der Waals surface area contributed by atoms with E-state index in [4.69, 9.17) is 0 Å². The van der Waals surface area contributed by atoms with Crippen LogP contribution in [0, 0.1) is 6.92 Å². The molecule has 2 N–H and O–H groups in total. The molecule has 2 heterocycles. The van der Waals surface area contributed by atoms with Gasteiger partial charge in [0.25, 0.3) is 0 Å². The van der Waals surface area contributed by atoms with Gasteiger partial charge in [-0.25, -0.2) is 4.98 Å². The number of imidazole rings is 1. The SMILES string of the molecule is Cc1cnc([C@@H]2CCCN2C(=O)CNC=O)[nH]1. The van der Waals surface area contributed by atoms with Gasteiger partial charge in [0, 0.05) is 18.4 Å². The van der Waals surface area contributed by atoms with Gasteiger partial charge >= 0.3 is 0 Å². The van der Waals surface area contributed by atoms with Crippen molar-refractivity contribution in [3.05, 3.63) is 17.7 Å². The number of likely N-dealkylation sites (tertiary alicyclic amines) is 1. The summed E-state index contributed by atoms with van der Waals surface area (Å²) in [5, 5.41) is 2.40. The average molecular weight is 236 g/mol. The van der Waals surface area contributed by atoms with E-state index in [1.165, 1.54) is 0 Å². The van der Waals surface area contributed by atoms with Crippen LogP contribution >= 0.6 is 0 Å². The van der Waals surface area contributed by atoms with E-state index in [9.17, 15) is 9.59 Å². The van der Waals surface area contributed by atoms with Crippen LogP contribution in [0.3, 0.4) is 0 Å². The zero-order valence-corrected chi connectivity index (χ0v) is 9.77. The zero-order chi connectivity index (χ0) is 12.3. The highest BCUT2D eigenvalue weighted by Crippen LogP contribution is 2.29. The van der Waals surface area contributed by atoms with Crippen LogP contribution in [-0.4, -0.2) is 40.3 Å². The molecule has 0 spiro atoms. The molecule has 1 fully saturated rings. The minimum absolute atomic E-state index is 0.0182. The maximum absolute atomic E-state index is 11.9. The third-order valence-electron chi connectivity index (χ3n) is 2.95. The topological polar surface area (TPSA) is 78.1 Å². The second-order valence-corrected chi connectivity index (χ2v) is 4.20. The monoisotopic (exact) mass is 236 g/mol. The van der Waals surface area contributed by atoms with Crippen LogP contribution in [0.25, 0.3) is 0 Å². The van der Waals surface area contributed by atoms with Gasteiger partial charge in [-0.2, -0.15) is 0 Å². The maximum Gasteiger partial charge on any atom is 0.242 e. The van der Waals surface area contributed by atoms with Gasteiger partial charge < -0.3 is 15.2 Å². The summed E-state index contributed by atoms with van der Waals surface area (Å²) in [6.45, 7) is 2.72. The first-order chi connectivity index (χ1) is 8.22. The minimum Gasteiger partial charge on any atom is -0.350 e. The van der Waals surface area contributed by atoms with Gasteiger partial charge in [-0.3, -0.25) is 9.59 Å². The number of rotatable bonds is 4. The van der Waals surface area contributed by atoms with Crippen LogP contribution in [-0.2, 0) is 9.59 Å². The molecule has 0 aromatic carbocycles. The quantitative estimate of drug-likeness (QED) is 0.729. The van der Waals surface area contributed by atoms with Crippen LogP contribution < -0.4 is 5.32 Å². The van der Waals surface area contributed by atoms with E-state index in [1.54, 1.807) is 11.1 Å². The molecule has 1 atom stereocenters. The van der Waals surface area contributed by atoms with E-state index < -0.39 is 0 Å². The van der Waals surface area contributed by atoms with Gasteiger partial charge in [-0.15, -0.1) is 0 Å². The molecule has 2 amide bonds. The number of nitrogens with one attached hydrogen (secondary N) is 2. The van der Waals surface area contributed by atoms with Gasteiger partial charge in [-0.1, -0.05) is 0 Å². The molecule has 0 bridgehead atoms. The lowest BCUT2D eigenvalue weighted by molar-refractivity contribution is -0.132.